The molecule has 1 amide bonds. The number of ether oxygens (including phenoxy) is 1. The zero-order chi connectivity index (χ0) is 64.9. The zero-order valence-corrected chi connectivity index (χ0v) is 60.8. The first kappa shape index (κ1) is 86.7. The summed E-state index contributed by atoms with van der Waals surface area (Å²) in [6, 6.07) is -0.850. The SMILES string of the molecule is CCCCC/C=C\C/C=C\C/C=C\C/C=C\CCCCCCCCCCCCCC(=O)OC(/C=C/CCCCCCCCCCCCC)C(COP(=O)(O)OCC[N+](C)(C)C)NC(=O)CCCCCCCCCCCCCCCCCCCCCCCCC. The van der Waals surface area contributed by atoms with E-state index in [1.54, 1.807) is 0 Å². The van der Waals surface area contributed by atoms with Gasteiger partial charge in [-0.15, -0.1) is 0 Å². The van der Waals surface area contributed by atoms with Crippen molar-refractivity contribution in [1.29, 1.82) is 0 Å². The Kier molecular flexibility index (Phi) is 66.8. The van der Waals surface area contributed by atoms with Crippen LogP contribution in [0.15, 0.2) is 60.8 Å². The summed E-state index contributed by atoms with van der Waals surface area (Å²) in [6.45, 7) is 7.05. The number of unbranched alkanes of at least 4 members (excludes halogenated alkanes) is 47. The lowest BCUT2D eigenvalue weighted by Crippen LogP contribution is -2.47. The molecule has 9 nitrogen and oxygen atoms in total. The van der Waals surface area contributed by atoms with Gasteiger partial charge in [-0.2, -0.15) is 0 Å². The number of amides is 1. The largest absolute Gasteiger partial charge is 0.472 e. The van der Waals surface area contributed by atoms with E-state index >= 15 is 0 Å². The van der Waals surface area contributed by atoms with E-state index in [-0.39, 0.29) is 31.5 Å². The quantitative estimate of drug-likeness (QED) is 0.0205. The molecule has 0 saturated heterocycles. The van der Waals surface area contributed by atoms with Crippen LogP contribution in [0.1, 0.15) is 380 Å². The molecule has 89 heavy (non-hydrogen) atoms. The number of nitrogens with one attached hydrogen (secondary N) is 1. The smallest absolute Gasteiger partial charge is 0.456 e. The van der Waals surface area contributed by atoms with E-state index in [1.165, 1.54) is 270 Å². The Morgan fingerprint density at radius 1 is 0.393 bits per heavy atom. The topological polar surface area (TPSA) is 111 Å². The van der Waals surface area contributed by atoms with E-state index in [0.29, 0.717) is 17.4 Å². The number of phosphoric acid groups is 1. The van der Waals surface area contributed by atoms with Gasteiger partial charge in [0.1, 0.15) is 19.3 Å². The second-order valence-electron chi connectivity index (χ2n) is 27.5. The van der Waals surface area contributed by atoms with Gasteiger partial charge in [-0.05, 0) is 76.7 Å². The van der Waals surface area contributed by atoms with Gasteiger partial charge >= 0.3 is 13.8 Å². The highest BCUT2D eigenvalue weighted by molar-refractivity contribution is 7.47. The van der Waals surface area contributed by atoms with Crippen molar-refractivity contribution in [3.8, 4) is 0 Å². The Labute approximate surface area is 553 Å². The highest BCUT2D eigenvalue weighted by Gasteiger charge is 2.30. The Morgan fingerprint density at radius 3 is 1.04 bits per heavy atom. The standard InChI is InChI=1S/C79H149N2O7P/c1-7-10-13-16-19-22-25-28-30-32-34-36-38-39-40-41-43-45-47-49-51-54-57-60-63-66-69-72-79(83)88-77(70-67-64-61-58-55-52-27-24-21-18-15-12-9-3)76(75-87-89(84,85)86-74-73-81(4,5)6)80-78(82)71-68-65-62-59-56-53-50-48-46-44-42-37-35-33-31-29-26-23-20-17-14-11-8-2/h19,22,28,30,34,36,39-40,67,70,76-77H,7-18,20-21,23-27,29,31-33,35,37-38,41-66,68-69,71-75H2,1-6H3,(H-,80,82,84,85)/p+1/b22-19-,30-28-,36-34-,40-39-,70-67+. The van der Waals surface area contributed by atoms with E-state index in [9.17, 15) is 19.0 Å². The molecule has 0 saturated carbocycles. The normalized spacial score (nSPS) is 13.7. The Bertz CT molecular complexity index is 1700. The molecule has 0 aromatic heterocycles. The molecule has 0 bridgehead atoms. The number of nitrogens with zero attached hydrogens (tertiary/aromatic N) is 1. The van der Waals surface area contributed by atoms with Crippen LogP contribution >= 0.6 is 7.82 Å². The Hall–Kier alpha value is -2.29. The lowest BCUT2D eigenvalue weighted by atomic mass is 10.0. The predicted octanol–water partition coefficient (Wildman–Crippen LogP) is 24.9. The van der Waals surface area contributed by atoms with Crippen molar-refractivity contribution in [3.63, 3.8) is 0 Å². The van der Waals surface area contributed by atoms with Crippen molar-refractivity contribution in [2.45, 2.75) is 392 Å². The number of quaternary nitrogens is 1. The van der Waals surface area contributed by atoms with Crippen molar-refractivity contribution >= 4 is 19.7 Å². The minimum absolute atomic E-state index is 0.0411. The van der Waals surface area contributed by atoms with Gasteiger partial charge in [0.05, 0.1) is 33.8 Å². The number of carbonyl (C=O) groups is 2. The van der Waals surface area contributed by atoms with E-state index in [2.05, 4.69) is 80.8 Å². The van der Waals surface area contributed by atoms with Crippen LogP contribution in [0.5, 0.6) is 0 Å². The van der Waals surface area contributed by atoms with Crippen LogP contribution in [0.2, 0.25) is 0 Å². The molecule has 0 rings (SSSR count). The Morgan fingerprint density at radius 2 is 0.685 bits per heavy atom. The van der Waals surface area contributed by atoms with Crippen molar-refractivity contribution in [2.24, 2.45) is 0 Å². The number of phosphoric ester groups is 1. The van der Waals surface area contributed by atoms with Crippen LogP contribution in [0, 0.1) is 0 Å². The summed E-state index contributed by atoms with van der Waals surface area (Å²) in [5, 5.41) is 3.08. The molecule has 0 heterocycles. The first-order chi connectivity index (χ1) is 43.4. The summed E-state index contributed by atoms with van der Waals surface area (Å²) < 4.78 is 30.9. The maximum absolute atomic E-state index is 13.7. The van der Waals surface area contributed by atoms with Crippen LogP contribution in [-0.2, 0) is 27.9 Å². The van der Waals surface area contributed by atoms with E-state index in [0.717, 1.165) is 77.0 Å². The number of likely N-dealkylation sites (N-methyl/N-ethyl adjacent to an activating group) is 1. The fraction of sp³-hybridized carbons (Fsp3) is 0.848. The summed E-state index contributed by atoms with van der Waals surface area (Å²) in [4.78, 5) is 38.0. The fourth-order valence-corrected chi connectivity index (χ4v) is 12.3. The average molecular weight is 1270 g/mol. The van der Waals surface area contributed by atoms with Crippen LogP contribution in [0.25, 0.3) is 0 Å². The van der Waals surface area contributed by atoms with Crippen LogP contribution in [0.4, 0.5) is 0 Å². The van der Waals surface area contributed by atoms with Crippen LogP contribution in [-0.4, -0.2) is 74.3 Å². The molecule has 0 fully saturated rings. The molecule has 0 aliphatic carbocycles. The van der Waals surface area contributed by atoms with Crippen LogP contribution < -0.4 is 5.32 Å². The first-order valence-corrected chi connectivity index (χ1v) is 40.1. The maximum Gasteiger partial charge on any atom is 0.472 e. The molecule has 2 N–H and O–H groups in total. The maximum atomic E-state index is 13.7. The second-order valence-corrected chi connectivity index (χ2v) is 29.0. The van der Waals surface area contributed by atoms with Gasteiger partial charge in [-0.3, -0.25) is 18.6 Å². The van der Waals surface area contributed by atoms with Crippen molar-refractivity contribution < 1.29 is 37.3 Å². The fourth-order valence-electron chi connectivity index (χ4n) is 11.5. The summed E-state index contributed by atoms with van der Waals surface area (Å²) >= 11 is 0. The number of hydrogen-bond acceptors (Lipinski definition) is 6. The highest BCUT2D eigenvalue weighted by atomic mass is 31.2. The van der Waals surface area contributed by atoms with Crippen molar-refractivity contribution in [3.05, 3.63) is 60.8 Å². The highest BCUT2D eigenvalue weighted by Crippen LogP contribution is 2.43. The number of esters is 1. The zero-order valence-electron chi connectivity index (χ0n) is 59.9. The van der Waals surface area contributed by atoms with Gasteiger partial charge in [-0.1, -0.05) is 352 Å². The molecular weight excluding hydrogens is 1120 g/mol. The van der Waals surface area contributed by atoms with E-state index in [1.807, 2.05) is 27.2 Å². The summed E-state index contributed by atoms with van der Waals surface area (Å²) in [5.41, 5.74) is 0. The average Bonchev–Trinajstić information content (AvgIpc) is 3.63. The van der Waals surface area contributed by atoms with Gasteiger partial charge in [-0.25, -0.2) is 4.57 Å². The minimum Gasteiger partial charge on any atom is -0.456 e. The molecule has 522 valence electrons. The molecule has 3 unspecified atom stereocenters. The monoisotopic (exact) mass is 1270 g/mol. The Balaban J connectivity index is 5.00. The van der Waals surface area contributed by atoms with Crippen molar-refractivity contribution in [2.75, 3.05) is 40.9 Å². The predicted molar refractivity (Wildman–Crippen MR) is 388 cm³/mol. The van der Waals surface area contributed by atoms with Crippen LogP contribution in [0.3, 0.4) is 0 Å². The molecule has 0 radical (unpaired) electrons. The summed E-state index contributed by atoms with van der Waals surface area (Å²) in [7, 11) is 1.51. The lowest BCUT2D eigenvalue weighted by molar-refractivity contribution is -0.870. The third-order valence-corrected chi connectivity index (χ3v) is 18.4. The number of carbonyl (C=O) groups excluding carboxylic acids is 2. The van der Waals surface area contributed by atoms with Gasteiger partial charge in [0, 0.05) is 12.8 Å². The number of rotatable bonds is 71. The molecule has 10 heteroatoms. The first-order valence-electron chi connectivity index (χ1n) is 38.6. The summed E-state index contributed by atoms with van der Waals surface area (Å²) in [5.74, 6) is -0.489. The molecule has 0 spiro atoms. The second kappa shape index (κ2) is 68.6. The molecule has 3 atom stereocenters. The van der Waals surface area contributed by atoms with Gasteiger partial charge in [0.25, 0.3) is 0 Å². The summed E-state index contributed by atoms with van der Waals surface area (Å²) in [6.07, 6.45) is 89.6. The molecule has 0 aromatic rings. The van der Waals surface area contributed by atoms with Crippen molar-refractivity contribution in [1.82, 2.24) is 5.32 Å². The molecule has 0 aromatic carbocycles. The third kappa shape index (κ3) is 69.9. The number of hydrogen-bond donors (Lipinski definition) is 2. The molecular formula is C79H150N2O7P+. The molecule has 0 aliphatic heterocycles. The lowest BCUT2D eigenvalue weighted by Gasteiger charge is -2.27. The number of allylic oxidation sites excluding steroid dienone is 9. The van der Waals surface area contributed by atoms with E-state index < -0.39 is 20.0 Å². The van der Waals surface area contributed by atoms with E-state index in [4.69, 9.17) is 13.8 Å². The van der Waals surface area contributed by atoms with Gasteiger partial charge in [0.15, 0.2) is 0 Å². The third-order valence-electron chi connectivity index (χ3n) is 17.5. The van der Waals surface area contributed by atoms with Gasteiger partial charge < -0.3 is 19.4 Å². The van der Waals surface area contributed by atoms with Gasteiger partial charge in [0.2, 0.25) is 5.91 Å². The minimum atomic E-state index is -4.46. The molecule has 0 aliphatic rings.